The maximum Gasteiger partial charge on any atom is 0.416 e. The van der Waals surface area contributed by atoms with Crippen molar-refractivity contribution in [3.8, 4) is 0 Å². The molecule has 12 heteroatoms. The van der Waals surface area contributed by atoms with Crippen LogP contribution in [0.1, 0.15) is 59.7 Å². The molecule has 38 heavy (non-hydrogen) atoms. The topological polar surface area (TPSA) is 59.1 Å². The molecule has 2 aromatic carbocycles. The second-order valence-corrected chi connectivity index (χ2v) is 9.20. The number of nitrogens with zero attached hydrogens (tertiary/aromatic N) is 2. The van der Waals surface area contributed by atoms with E-state index in [2.05, 4.69) is 0 Å². The molecule has 2 atom stereocenters. The monoisotopic (exact) mass is 546 g/mol. The highest BCUT2D eigenvalue weighted by Gasteiger charge is 2.41. The number of rotatable bonds is 4. The minimum absolute atomic E-state index is 0.0356. The molecule has 1 heterocycles. The number of alkyl halides is 6. The van der Waals surface area contributed by atoms with Crippen LogP contribution in [0.3, 0.4) is 0 Å². The Morgan fingerprint density at radius 2 is 1.58 bits per heavy atom. The van der Waals surface area contributed by atoms with E-state index in [-0.39, 0.29) is 24.7 Å². The third-order valence-corrected chi connectivity index (χ3v) is 6.33. The lowest BCUT2D eigenvalue weighted by molar-refractivity contribution is -0.143. The van der Waals surface area contributed by atoms with Crippen LogP contribution in [0, 0.1) is 13.8 Å². The zero-order chi connectivity index (χ0) is 28.6. The first kappa shape index (κ1) is 29.1. The van der Waals surface area contributed by atoms with E-state index in [0.29, 0.717) is 28.9 Å². The fourth-order valence-corrected chi connectivity index (χ4v) is 4.84. The first-order chi connectivity index (χ1) is 17.6. The Hall–Kier alpha value is -3.44. The average Bonchev–Trinajstić information content (AvgIpc) is 2.80. The maximum absolute atomic E-state index is 13.4. The van der Waals surface area contributed by atoms with E-state index in [1.54, 1.807) is 33.8 Å². The lowest BCUT2D eigenvalue weighted by Gasteiger charge is -2.43. The molecule has 0 radical (unpaired) electrons. The Morgan fingerprint density at radius 1 is 1.00 bits per heavy atom. The van der Waals surface area contributed by atoms with Crippen LogP contribution in [0.5, 0.6) is 0 Å². The summed E-state index contributed by atoms with van der Waals surface area (Å²) in [5.41, 5.74) is -0.895. The Balaban J connectivity index is 2.17. The van der Waals surface area contributed by atoms with Gasteiger partial charge in [-0.15, -0.1) is 0 Å². The number of hydrogen-bond donors (Lipinski definition) is 0. The predicted octanol–water partition coefficient (Wildman–Crippen LogP) is 7.41. The summed E-state index contributed by atoms with van der Waals surface area (Å²) in [6.07, 6.45) is -11.5. The first-order valence-electron chi connectivity index (χ1n) is 11.8. The number of anilines is 1. The van der Waals surface area contributed by atoms with Crippen LogP contribution >= 0.6 is 0 Å². The van der Waals surface area contributed by atoms with Crippen molar-refractivity contribution in [3.05, 3.63) is 63.7 Å². The van der Waals surface area contributed by atoms with E-state index in [0.717, 1.165) is 17.6 Å². The molecular formula is C26H28F6N2O4. The molecule has 1 aliphatic rings. The molecule has 6 nitrogen and oxygen atoms in total. The summed E-state index contributed by atoms with van der Waals surface area (Å²) in [7, 11) is 1.07. The molecule has 0 saturated heterocycles. The van der Waals surface area contributed by atoms with Gasteiger partial charge in [-0.05, 0) is 69.0 Å². The van der Waals surface area contributed by atoms with Crippen LogP contribution in [0.2, 0.25) is 0 Å². The molecular weight excluding hydrogens is 518 g/mol. The number of halogens is 6. The van der Waals surface area contributed by atoms with Crippen LogP contribution in [0.25, 0.3) is 0 Å². The summed E-state index contributed by atoms with van der Waals surface area (Å²) >= 11 is 0. The van der Waals surface area contributed by atoms with Crippen molar-refractivity contribution in [1.82, 2.24) is 4.90 Å². The van der Waals surface area contributed by atoms with Crippen LogP contribution in [-0.4, -0.2) is 36.8 Å². The van der Waals surface area contributed by atoms with E-state index in [1.807, 2.05) is 6.07 Å². The minimum Gasteiger partial charge on any atom is -0.453 e. The second-order valence-electron chi connectivity index (χ2n) is 9.20. The summed E-state index contributed by atoms with van der Waals surface area (Å²) in [6.45, 7) is 6.45. The number of hydrogen-bond acceptors (Lipinski definition) is 4. The van der Waals surface area contributed by atoms with Gasteiger partial charge in [0.25, 0.3) is 0 Å². The van der Waals surface area contributed by atoms with Crippen molar-refractivity contribution in [2.45, 2.75) is 65.1 Å². The van der Waals surface area contributed by atoms with E-state index in [1.165, 1.54) is 4.90 Å². The summed E-state index contributed by atoms with van der Waals surface area (Å²) in [4.78, 5) is 28.3. The average molecular weight is 547 g/mol. The first-order valence-corrected chi connectivity index (χ1v) is 11.8. The summed E-state index contributed by atoms with van der Waals surface area (Å²) < 4.78 is 90.8. The lowest BCUT2D eigenvalue weighted by Crippen LogP contribution is -2.48. The molecule has 2 aromatic rings. The zero-order valence-electron chi connectivity index (χ0n) is 21.5. The van der Waals surface area contributed by atoms with Crippen LogP contribution in [-0.2, 0) is 28.4 Å². The molecule has 0 spiro atoms. The Bertz CT molecular complexity index is 1180. The van der Waals surface area contributed by atoms with Crippen molar-refractivity contribution in [2.75, 3.05) is 18.6 Å². The third kappa shape index (κ3) is 5.99. The smallest absolute Gasteiger partial charge is 0.416 e. The third-order valence-electron chi connectivity index (χ3n) is 6.33. The fraction of sp³-hybridized carbons (Fsp3) is 0.462. The van der Waals surface area contributed by atoms with Gasteiger partial charge in [0.1, 0.15) is 0 Å². The quantitative estimate of drug-likeness (QED) is 0.375. The van der Waals surface area contributed by atoms with Gasteiger partial charge in [0.05, 0.1) is 36.6 Å². The number of ether oxygens (including phenoxy) is 2. The number of amides is 2. The Kier molecular flexibility index (Phi) is 8.23. The molecule has 3 rings (SSSR count). The Morgan fingerprint density at radius 3 is 2.08 bits per heavy atom. The van der Waals surface area contributed by atoms with Gasteiger partial charge in [0.15, 0.2) is 0 Å². The number of methoxy groups -OCH3 is 1. The molecule has 2 amide bonds. The van der Waals surface area contributed by atoms with Crippen LogP contribution in [0.4, 0.5) is 41.6 Å². The normalized spacial score (nSPS) is 17.6. The highest BCUT2D eigenvalue weighted by Crippen LogP contribution is 2.44. The van der Waals surface area contributed by atoms with Gasteiger partial charge in [-0.25, -0.2) is 9.59 Å². The van der Waals surface area contributed by atoms with Gasteiger partial charge in [-0.1, -0.05) is 17.7 Å². The molecule has 1 aliphatic heterocycles. The molecule has 0 N–H and O–H groups in total. The van der Waals surface area contributed by atoms with Crippen molar-refractivity contribution < 1.29 is 45.4 Å². The number of benzene rings is 2. The number of carbonyl (C=O) groups is 2. The van der Waals surface area contributed by atoms with Gasteiger partial charge in [-0.3, -0.25) is 9.80 Å². The Labute approximate surface area is 216 Å². The highest BCUT2D eigenvalue weighted by atomic mass is 19.4. The SMILES string of the molecule is CCOC(=O)N1c2c(C)cc(C)cc2[C@@H](N(Cc2cc(C(F)(F)F)cc(C(F)(F)F)c2)C(=O)OC)C[C@H]1C. The number of aryl methyl sites for hydroxylation is 2. The number of fused-ring (bicyclic) bond motifs is 1. The van der Waals surface area contributed by atoms with E-state index in [4.69, 9.17) is 9.47 Å². The fourth-order valence-electron chi connectivity index (χ4n) is 4.84. The standard InChI is InChI=1S/C26H28F6N2O4/c1-6-38-24(36)34-16(4)9-21(20-8-14(2)7-15(3)22(20)34)33(23(35)37-5)13-17-10-18(25(27,28)29)12-19(11-17)26(30,31)32/h7-8,10-12,16,21H,6,9,13H2,1-5H3/t16-,21+/m1/s1. The van der Waals surface area contributed by atoms with Gasteiger partial charge in [-0.2, -0.15) is 26.3 Å². The predicted molar refractivity (Wildman–Crippen MR) is 127 cm³/mol. The molecule has 0 aliphatic carbocycles. The largest absolute Gasteiger partial charge is 0.453 e. The van der Waals surface area contributed by atoms with Gasteiger partial charge in [0.2, 0.25) is 0 Å². The van der Waals surface area contributed by atoms with E-state index < -0.39 is 54.3 Å². The summed E-state index contributed by atoms with van der Waals surface area (Å²) in [6, 6.07) is 3.43. The summed E-state index contributed by atoms with van der Waals surface area (Å²) in [5, 5.41) is 0. The molecule has 208 valence electrons. The summed E-state index contributed by atoms with van der Waals surface area (Å²) in [5.74, 6) is 0. The lowest BCUT2D eigenvalue weighted by atomic mass is 9.87. The molecule has 0 unspecified atom stereocenters. The van der Waals surface area contributed by atoms with Gasteiger partial charge in [0, 0.05) is 12.6 Å². The van der Waals surface area contributed by atoms with Crippen molar-refractivity contribution in [3.63, 3.8) is 0 Å². The van der Waals surface area contributed by atoms with E-state index >= 15 is 0 Å². The number of carbonyl (C=O) groups excluding carboxylic acids is 2. The van der Waals surface area contributed by atoms with Crippen molar-refractivity contribution in [1.29, 1.82) is 0 Å². The van der Waals surface area contributed by atoms with Crippen molar-refractivity contribution in [2.24, 2.45) is 0 Å². The molecule has 0 aromatic heterocycles. The maximum atomic E-state index is 13.4. The van der Waals surface area contributed by atoms with E-state index in [9.17, 15) is 35.9 Å². The highest BCUT2D eigenvalue weighted by molar-refractivity contribution is 5.91. The molecule has 0 saturated carbocycles. The van der Waals surface area contributed by atoms with Crippen molar-refractivity contribution >= 4 is 17.9 Å². The van der Waals surface area contributed by atoms with Gasteiger partial charge >= 0.3 is 24.5 Å². The molecule has 0 fully saturated rings. The van der Waals surface area contributed by atoms with Crippen LogP contribution in [0.15, 0.2) is 30.3 Å². The van der Waals surface area contributed by atoms with Crippen LogP contribution < -0.4 is 4.90 Å². The zero-order valence-corrected chi connectivity index (χ0v) is 21.5. The molecule has 0 bridgehead atoms. The minimum atomic E-state index is -5.04. The van der Waals surface area contributed by atoms with Gasteiger partial charge < -0.3 is 9.47 Å². The second kappa shape index (κ2) is 10.7.